The normalized spacial score (nSPS) is 9.63. The van der Waals surface area contributed by atoms with Crippen LogP contribution in [-0.2, 0) is 4.57 Å². The van der Waals surface area contributed by atoms with Gasteiger partial charge >= 0.3 is 7.82 Å². The number of rotatable bonds is 4. The number of phosphoric ester groups is 1. The Hall–Kier alpha value is -2.79. The summed E-state index contributed by atoms with van der Waals surface area (Å²) in [5.74, 6) is 1.99. The van der Waals surface area contributed by atoms with Crippen LogP contribution in [0.25, 0.3) is 0 Å². The average molecular weight is 390 g/mol. The largest absolute Gasteiger partial charge is 0.524 e. The van der Waals surface area contributed by atoms with E-state index < -0.39 is 7.82 Å². The first-order valence-corrected chi connectivity index (χ1v) is 9.46. The van der Waals surface area contributed by atoms with Crippen LogP contribution < -0.4 is 14.0 Å². The van der Waals surface area contributed by atoms with Crippen molar-refractivity contribution in [2.24, 2.45) is 0 Å². The highest BCUT2D eigenvalue weighted by molar-refractivity contribution is 7.46. The van der Waals surface area contributed by atoms with E-state index in [9.17, 15) is 4.57 Å². The quantitative estimate of drug-likeness (QED) is 0.636. The molecule has 2 N–H and O–H groups in total. The van der Waals surface area contributed by atoms with Gasteiger partial charge in [-0.05, 0) is 36.4 Å². The van der Waals surface area contributed by atoms with Gasteiger partial charge < -0.3 is 14.0 Å². The molecular weight excluding hydrogens is 367 g/mol. The van der Waals surface area contributed by atoms with Gasteiger partial charge in [-0.3, -0.25) is 9.79 Å². The maximum atomic E-state index is 10.3. The first kappa shape index (κ1) is 22.3. The smallest absolute Gasteiger partial charge is 0.497 e. The van der Waals surface area contributed by atoms with E-state index in [0.29, 0.717) is 0 Å². The van der Waals surface area contributed by atoms with E-state index in [1.54, 1.807) is 32.4 Å². The number of hydrogen-bond donors (Lipinski definition) is 2. The minimum Gasteiger partial charge on any atom is -0.497 e. The standard InChI is InChI=1S/2C7H8O.C6H7O4P/c2*1-8-7-5-3-2-4-6-7;7-11(8,9)10-6-4-2-1-3-5-6/h2*2-6H,1H3;1-5H,(H2,7,8,9). The second kappa shape index (κ2) is 12.5. The first-order valence-electron chi connectivity index (χ1n) is 7.93. The second-order valence-corrected chi connectivity index (χ2v) is 6.09. The molecule has 0 aliphatic heterocycles. The lowest BCUT2D eigenvalue weighted by Crippen LogP contribution is -1.88. The van der Waals surface area contributed by atoms with Gasteiger partial charge in [-0.15, -0.1) is 0 Å². The van der Waals surface area contributed by atoms with Gasteiger partial charge in [-0.25, -0.2) is 4.57 Å². The summed E-state index contributed by atoms with van der Waals surface area (Å²) in [7, 11) is -1.06. The molecule has 0 spiro atoms. The Kier molecular flexibility index (Phi) is 10.3. The molecule has 27 heavy (non-hydrogen) atoms. The van der Waals surface area contributed by atoms with Crippen molar-refractivity contribution in [1.29, 1.82) is 0 Å². The van der Waals surface area contributed by atoms with Crippen molar-refractivity contribution >= 4 is 7.82 Å². The Morgan fingerprint density at radius 2 is 0.889 bits per heavy atom. The summed E-state index contributed by atoms with van der Waals surface area (Å²) in [5.41, 5.74) is 0. The van der Waals surface area contributed by atoms with Crippen molar-refractivity contribution in [3.8, 4) is 17.2 Å². The fraction of sp³-hybridized carbons (Fsp3) is 0.100. The lowest BCUT2D eigenvalue weighted by molar-refractivity contribution is 0.283. The van der Waals surface area contributed by atoms with Crippen LogP contribution in [0, 0.1) is 0 Å². The highest BCUT2D eigenvalue weighted by atomic mass is 31.2. The average Bonchev–Trinajstić information content (AvgIpc) is 2.70. The predicted molar refractivity (Wildman–Crippen MR) is 105 cm³/mol. The molecule has 7 heteroatoms. The van der Waals surface area contributed by atoms with Crippen LogP contribution in [-0.4, -0.2) is 24.0 Å². The molecule has 0 saturated carbocycles. The number of methoxy groups -OCH3 is 2. The van der Waals surface area contributed by atoms with Crippen LogP contribution in [0.1, 0.15) is 0 Å². The van der Waals surface area contributed by atoms with Gasteiger partial charge in [0.1, 0.15) is 17.2 Å². The Morgan fingerprint density at radius 3 is 1.11 bits per heavy atom. The van der Waals surface area contributed by atoms with E-state index in [0.717, 1.165) is 11.5 Å². The zero-order valence-electron chi connectivity index (χ0n) is 15.1. The number of hydrogen-bond acceptors (Lipinski definition) is 4. The molecule has 0 amide bonds. The Bertz CT molecular complexity index is 736. The van der Waals surface area contributed by atoms with Crippen LogP contribution >= 0.6 is 7.82 Å². The number of para-hydroxylation sites is 3. The number of ether oxygens (including phenoxy) is 2. The van der Waals surface area contributed by atoms with Crippen LogP contribution in [0.3, 0.4) is 0 Å². The molecule has 0 saturated heterocycles. The van der Waals surface area contributed by atoms with E-state index >= 15 is 0 Å². The third-order valence-electron chi connectivity index (χ3n) is 2.93. The molecule has 3 rings (SSSR count). The van der Waals surface area contributed by atoms with E-state index in [1.807, 2.05) is 60.7 Å². The van der Waals surface area contributed by atoms with Gasteiger partial charge in [0.05, 0.1) is 14.2 Å². The number of phosphoric acid groups is 1. The van der Waals surface area contributed by atoms with Gasteiger partial charge in [0, 0.05) is 0 Å². The first-order chi connectivity index (χ1) is 12.9. The second-order valence-electron chi connectivity index (χ2n) is 4.93. The summed E-state index contributed by atoms with van der Waals surface area (Å²) in [4.78, 5) is 16.7. The highest BCUT2D eigenvalue weighted by Gasteiger charge is 2.14. The molecule has 0 aliphatic carbocycles. The van der Waals surface area contributed by atoms with Crippen LogP contribution in [0.15, 0.2) is 91.0 Å². The van der Waals surface area contributed by atoms with Crippen molar-refractivity contribution < 1.29 is 28.3 Å². The van der Waals surface area contributed by atoms with Crippen LogP contribution in [0.2, 0.25) is 0 Å². The molecule has 0 heterocycles. The summed E-state index contributed by atoms with van der Waals surface area (Å²) in [6.45, 7) is 0. The van der Waals surface area contributed by atoms with Gasteiger partial charge in [0.15, 0.2) is 0 Å². The fourth-order valence-corrected chi connectivity index (χ4v) is 2.13. The zero-order valence-corrected chi connectivity index (χ0v) is 16.0. The monoisotopic (exact) mass is 390 g/mol. The molecule has 0 aliphatic rings. The van der Waals surface area contributed by atoms with Gasteiger partial charge in [0.25, 0.3) is 0 Å². The van der Waals surface area contributed by atoms with E-state index in [1.165, 1.54) is 12.1 Å². The summed E-state index contributed by atoms with van der Waals surface area (Å²) in [6, 6.07) is 27.3. The summed E-state index contributed by atoms with van der Waals surface area (Å²) in [6.07, 6.45) is 0. The van der Waals surface area contributed by atoms with Gasteiger partial charge in [0.2, 0.25) is 0 Å². The van der Waals surface area contributed by atoms with Crippen molar-refractivity contribution in [3.63, 3.8) is 0 Å². The Labute approximate surface area is 159 Å². The van der Waals surface area contributed by atoms with Crippen LogP contribution in [0.5, 0.6) is 17.2 Å². The maximum Gasteiger partial charge on any atom is 0.524 e. The van der Waals surface area contributed by atoms with Crippen molar-refractivity contribution in [2.75, 3.05) is 14.2 Å². The summed E-state index contributed by atoms with van der Waals surface area (Å²) < 4.78 is 24.4. The Morgan fingerprint density at radius 1 is 0.593 bits per heavy atom. The summed E-state index contributed by atoms with van der Waals surface area (Å²) >= 11 is 0. The van der Waals surface area contributed by atoms with Gasteiger partial charge in [-0.1, -0.05) is 54.6 Å². The van der Waals surface area contributed by atoms with Crippen molar-refractivity contribution in [3.05, 3.63) is 91.0 Å². The zero-order chi connectivity index (χ0) is 20.0. The summed E-state index contributed by atoms with van der Waals surface area (Å²) in [5, 5.41) is 0. The third kappa shape index (κ3) is 11.4. The SMILES string of the molecule is COc1ccccc1.COc1ccccc1.O=P(O)(O)Oc1ccccc1. The Balaban J connectivity index is 0.000000206. The van der Waals surface area contributed by atoms with Crippen LogP contribution in [0.4, 0.5) is 0 Å². The lowest BCUT2D eigenvalue weighted by atomic mass is 10.3. The molecule has 0 fully saturated rings. The molecule has 0 radical (unpaired) electrons. The molecule has 3 aromatic rings. The molecule has 0 atom stereocenters. The van der Waals surface area contributed by atoms with E-state index in [4.69, 9.17) is 19.3 Å². The third-order valence-corrected chi connectivity index (χ3v) is 3.37. The minimum atomic E-state index is -4.39. The molecule has 3 aromatic carbocycles. The minimum absolute atomic E-state index is 0.167. The molecule has 0 unspecified atom stereocenters. The van der Waals surface area contributed by atoms with Crippen molar-refractivity contribution in [2.45, 2.75) is 0 Å². The molecule has 6 nitrogen and oxygen atoms in total. The maximum absolute atomic E-state index is 10.3. The van der Waals surface area contributed by atoms with Gasteiger partial charge in [-0.2, -0.15) is 0 Å². The molecular formula is C20H23O6P. The molecule has 144 valence electrons. The predicted octanol–water partition coefficient (Wildman–Crippen LogP) is 4.55. The lowest BCUT2D eigenvalue weighted by Gasteiger charge is -2.04. The topological polar surface area (TPSA) is 85.2 Å². The highest BCUT2D eigenvalue weighted by Crippen LogP contribution is 2.36. The fourth-order valence-electron chi connectivity index (χ4n) is 1.73. The molecule has 0 aromatic heterocycles. The van der Waals surface area contributed by atoms with Crippen molar-refractivity contribution in [1.82, 2.24) is 0 Å². The number of benzene rings is 3. The van der Waals surface area contributed by atoms with E-state index in [2.05, 4.69) is 4.52 Å². The molecule has 0 bridgehead atoms. The van der Waals surface area contributed by atoms with E-state index in [-0.39, 0.29) is 5.75 Å².